The van der Waals surface area contributed by atoms with E-state index in [2.05, 4.69) is 20.8 Å². The Labute approximate surface area is 251 Å². The molecule has 0 radical (unpaired) electrons. The van der Waals surface area contributed by atoms with Crippen molar-refractivity contribution in [1.82, 2.24) is 19.9 Å². The molecule has 1 saturated carbocycles. The van der Waals surface area contributed by atoms with E-state index in [9.17, 15) is 10.4 Å². The third-order valence-corrected chi connectivity index (χ3v) is 11.1. The highest BCUT2D eigenvalue weighted by atomic mass is 32.1. The molecule has 4 fully saturated rings. The molecule has 3 aliphatic heterocycles. The van der Waals surface area contributed by atoms with Crippen LogP contribution < -0.4 is 20.3 Å². The average molecular weight is 595 g/mol. The first kappa shape index (κ1) is 28.1. The Hall–Kier alpha value is -2.72. The van der Waals surface area contributed by atoms with E-state index in [1.54, 1.807) is 11.3 Å². The van der Waals surface area contributed by atoms with Crippen LogP contribution in [0.4, 0.5) is 16.9 Å². The molecule has 1 unspecified atom stereocenters. The lowest BCUT2D eigenvalue weighted by Crippen LogP contribution is -2.47. The number of anilines is 3. The lowest BCUT2D eigenvalue weighted by molar-refractivity contribution is 0.0231. The molecule has 7 rings (SSSR count). The summed E-state index contributed by atoms with van der Waals surface area (Å²) in [7, 11) is 0. The van der Waals surface area contributed by atoms with Crippen LogP contribution in [0.2, 0.25) is 0 Å². The van der Waals surface area contributed by atoms with Gasteiger partial charge in [-0.3, -0.25) is 4.90 Å². The van der Waals surface area contributed by atoms with Crippen molar-refractivity contribution in [2.45, 2.75) is 69.3 Å². The average Bonchev–Trinajstić information content (AvgIpc) is 3.47. The molecule has 12 heteroatoms. The van der Waals surface area contributed by atoms with Crippen LogP contribution in [0, 0.1) is 16.7 Å². The highest BCUT2D eigenvalue weighted by Crippen LogP contribution is 2.50. The lowest BCUT2D eigenvalue weighted by Gasteiger charge is -2.37. The number of aryl methyl sites for hydroxylation is 1. The molecule has 5 heterocycles. The van der Waals surface area contributed by atoms with Crippen molar-refractivity contribution in [2.75, 3.05) is 81.2 Å². The number of morpholine rings is 1. The monoisotopic (exact) mass is 594 g/mol. The van der Waals surface area contributed by atoms with Gasteiger partial charge < -0.3 is 30.1 Å². The largest absolute Gasteiger partial charge is 0.463 e. The number of aromatic nitrogens is 3. The quantitative estimate of drug-likeness (QED) is 0.490. The first-order valence-corrected chi connectivity index (χ1v) is 16.3. The van der Waals surface area contributed by atoms with Crippen LogP contribution in [0.15, 0.2) is 0 Å². The molecule has 226 valence electrons. The number of aliphatic hydroxyl groups is 1. The molecule has 2 aromatic rings. The Kier molecular flexibility index (Phi) is 7.20. The summed E-state index contributed by atoms with van der Waals surface area (Å²) >= 11 is 1.58. The predicted octanol–water partition coefficient (Wildman–Crippen LogP) is 2.71. The molecule has 42 heavy (non-hydrogen) atoms. The molecule has 0 aromatic carbocycles. The van der Waals surface area contributed by atoms with E-state index in [4.69, 9.17) is 30.2 Å². The smallest absolute Gasteiger partial charge is 0.323 e. The second-order valence-corrected chi connectivity index (χ2v) is 14.6. The van der Waals surface area contributed by atoms with Crippen LogP contribution in [0.1, 0.15) is 67.9 Å². The van der Waals surface area contributed by atoms with Crippen LogP contribution in [0.5, 0.6) is 6.01 Å². The number of β-amino-alcohol motifs (C(OH)–C–C–N with tert-alkyl or cyclic N) is 1. The number of hydrogen-bond acceptors (Lipinski definition) is 12. The second kappa shape index (κ2) is 10.8. The van der Waals surface area contributed by atoms with Gasteiger partial charge in [-0.25, -0.2) is 0 Å². The summed E-state index contributed by atoms with van der Waals surface area (Å²) in [6.07, 6.45) is 7.97. The minimum Gasteiger partial charge on any atom is -0.463 e. The van der Waals surface area contributed by atoms with Crippen molar-refractivity contribution in [3.8, 4) is 12.1 Å². The fraction of sp³-hybridized carbons (Fsp3) is 0.733. The molecule has 2 atom stereocenters. The number of fused-ring (bicyclic) bond motifs is 2. The fourth-order valence-electron chi connectivity index (χ4n) is 7.56. The molecule has 0 bridgehead atoms. The number of hydrogen-bond donors (Lipinski definition) is 2. The minimum absolute atomic E-state index is 0.119. The van der Waals surface area contributed by atoms with E-state index >= 15 is 0 Å². The zero-order valence-electron chi connectivity index (χ0n) is 24.6. The zero-order valence-corrected chi connectivity index (χ0v) is 25.4. The number of nitrogens with two attached hydrogens (primary N) is 1. The predicted molar refractivity (Wildman–Crippen MR) is 161 cm³/mol. The molecule has 2 aliphatic carbocycles. The number of nitrogens with zero attached hydrogens (tertiary/aromatic N) is 7. The number of ether oxygens (including phenoxy) is 2. The van der Waals surface area contributed by atoms with Gasteiger partial charge in [0.15, 0.2) is 0 Å². The van der Waals surface area contributed by atoms with Crippen LogP contribution in [-0.2, 0) is 16.6 Å². The van der Waals surface area contributed by atoms with E-state index in [0.717, 1.165) is 109 Å². The summed E-state index contributed by atoms with van der Waals surface area (Å²) in [4.78, 5) is 22.7. The van der Waals surface area contributed by atoms with E-state index in [-0.39, 0.29) is 10.8 Å². The minimum atomic E-state index is -0.787. The van der Waals surface area contributed by atoms with Gasteiger partial charge in [0.2, 0.25) is 11.9 Å². The van der Waals surface area contributed by atoms with Crippen molar-refractivity contribution in [2.24, 2.45) is 5.41 Å². The Morgan fingerprint density at radius 1 is 1.00 bits per heavy atom. The van der Waals surface area contributed by atoms with Gasteiger partial charge in [-0.1, -0.05) is 0 Å². The molecular formula is C30H42N8O3S. The van der Waals surface area contributed by atoms with Crippen LogP contribution in [-0.4, -0.2) is 96.2 Å². The maximum Gasteiger partial charge on any atom is 0.323 e. The van der Waals surface area contributed by atoms with E-state index in [0.29, 0.717) is 41.6 Å². The van der Waals surface area contributed by atoms with Crippen LogP contribution >= 0.6 is 11.3 Å². The topological polar surface area (TPSA) is 137 Å². The fourth-order valence-corrected chi connectivity index (χ4v) is 8.74. The Bertz CT molecular complexity index is 1360. The Balaban J connectivity index is 1.15. The summed E-state index contributed by atoms with van der Waals surface area (Å²) in [5.41, 5.74) is 7.37. The van der Waals surface area contributed by atoms with Crippen LogP contribution in [0.3, 0.4) is 0 Å². The van der Waals surface area contributed by atoms with Gasteiger partial charge in [0, 0.05) is 61.5 Å². The second-order valence-electron chi connectivity index (χ2n) is 13.5. The van der Waals surface area contributed by atoms with Gasteiger partial charge in [0.05, 0.1) is 31.0 Å². The van der Waals surface area contributed by atoms with Gasteiger partial charge in [0.25, 0.3) is 0 Å². The number of rotatable bonds is 7. The number of nitrogen functional groups attached to an aromatic ring is 1. The lowest BCUT2D eigenvalue weighted by atomic mass is 9.70. The molecular weight excluding hydrogens is 552 g/mol. The number of thiophene rings is 1. The Morgan fingerprint density at radius 2 is 1.76 bits per heavy atom. The van der Waals surface area contributed by atoms with Gasteiger partial charge in [-0.05, 0) is 63.9 Å². The highest BCUT2D eigenvalue weighted by molar-refractivity contribution is 7.16. The first-order valence-electron chi connectivity index (χ1n) is 15.5. The first-order chi connectivity index (χ1) is 20.3. The van der Waals surface area contributed by atoms with Crippen molar-refractivity contribution in [3.63, 3.8) is 0 Å². The van der Waals surface area contributed by atoms with Gasteiger partial charge in [-0.2, -0.15) is 20.2 Å². The number of piperidine rings is 1. The standard InChI is InChI=1S/C30H42N8O3S/c1-28(39)5-3-10-37(17-28)25-33-26(35-27(34-25)41-20-29(7-8-29)18-36-12-14-40-15-13-36)38-11-9-30(19-38)6-2-4-22-23(30)21(16-31)24(32)42-22/h39H,2-15,17-20,32H2,1H3/t28-,30?/m1/s1. The normalized spacial score (nSPS) is 29.0. The molecule has 11 nitrogen and oxygen atoms in total. The zero-order chi connectivity index (χ0) is 29.0. The molecule has 5 aliphatic rings. The summed E-state index contributed by atoms with van der Waals surface area (Å²) in [5, 5.41) is 21.4. The third-order valence-electron chi connectivity index (χ3n) is 10.0. The molecule has 3 saturated heterocycles. The summed E-state index contributed by atoms with van der Waals surface area (Å²) < 4.78 is 11.9. The van der Waals surface area contributed by atoms with Gasteiger partial charge >= 0.3 is 6.01 Å². The van der Waals surface area contributed by atoms with Crippen molar-refractivity contribution in [3.05, 3.63) is 16.0 Å². The van der Waals surface area contributed by atoms with Crippen molar-refractivity contribution < 1.29 is 14.6 Å². The van der Waals surface area contributed by atoms with Crippen molar-refractivity contribution >= 4 is 28.2 Å². The maximum atomic E-state index is 10.8. The van der Waals surface area contributed by atoms with Gasteiger partial charge in [0.1, 0.15) is 11.1 Å². The highest BCUT2D eigenvalue weighted by Gasteiger charge is 2.47. The molecule has 1 spiro atoms. The summed E-state index contributed by atoms with van der Waals surface area (Å²) in [6.45, 7) is 9.80. The summed E-state index contributed by atoms with van der Waals surface area (Å²) in [5.74, 6) is 1.18. The third kappa shape index (κ3) is 5.41. The summed E-state index contributed by atoms with van der Waals surface area (Å²) in [6, 6.07) is 2.77. The maximum absolute atomic E-state index is 10.8. The molecule has 0 amide bonds. The van der Waals surface area contributed by atoms with E-state index in [1.807, 2.05) is 6.92 Å². The molecule has 3 N–H and O–H groups in total. The van der Waals surface area contributed by atoms with Crippen molar-refractivity contribution in [1.29, 1.82) is 5.26 Å². The Morgan fingerprint density at radius 3 is 2.48 bits per heavy atom. The number of nitriles is 1. The van der Waals surface area contributed by atoms with E-state index in [1.165, 1.54) is 4.88 Å². The van der Waals surface area contributed by atoms with Crippen LogP contribution in [0.25, 0.3) is 0 Å². The van der Waals surface area contributed by atoms with E-state index < -0.39 is 5.60 Å². The molecule has 2 aromatic heterocycles. The van der Waals surface area contributed by atoms with Gasteiger partial charge in [-0.15, -0.1) is 11.3 Å². The SMILES string of the molecule is C[C@@]1(O)CCCN(c2nc(OCC3(CN4CCOCC4)CC3)nc(N3CCC4(CCCc5sc(N)c(C#N)c54)C3)n2)C1.